The van der Waals surface area contributed by atoms with Gasteiger partial charge in [-0.05, 0) is 42.9 Å². The molecule has 1 aliphatic rings. The fourth-order valence-corrected chi connectivity index (χ4v) is 4.06. The van der Waals surface area contributed by atoms with E-state index in [1.165, 1.54) is 4.90 Å². The number of hydrogen-bond acceptors (Lipinski definition) is 5. The molecule has 1 saturated heterocycles. The van der Waals surface area contributed by atoms with E-state index in [9.17, 15) is 9.59 Å². The highest BCUT2D eigenvalue weighted by Crippen LogP contribution is 2.26. The Morgan fingerprint density at radius 3 is 2.66 bits per heavy atom. The highest BCUT2D eigenvalue weighted by Gasteiger charge is 2.36. The quantitative estimate of drug-likeness (QED) is 0.574. The molecule has 0 radical (unpaired) electrons. The van der Waals surface area contributed by atoms with Gasteiger partial charge in [-0.2, -0.15) is 0 Å². The number of likely N-dealkylation sites (tertiary alicyclic amines) is 1. The zero-order valence-electron chi connectivity index (χ0n) is 18.5. The van der Waals surface area contributed by atoms with Crippen molar-refractivity contribution in [2.24, 2.45) is 5.92 Å². The molecule has 1 aromatic heterocycles. The van der Waals surface area contributed by atoms with Crippen molar-refractivity contribution in [1.82, 2.24) is 15.2 Å². The van der Waals surface area contributed by atoms with Gasteiger partial charge in [-0.25, -0.2) is 9.78 Å². The van der Waals surface area contributed by atoms with Gasteiger partial charge in [0, 0.05) is 6.54 Å². The van der Waals surface area contributed by atoms with Crippen molar-refractivity contribution in [3.63, 3.8) is 0 Å². The van der Waals surface area contributed by atoms with Gasteiger partial charge in [0.15, 0.2) is 5.58 Å². The van der Waals surface area contributed by atoms with Gasteiger partial charge in [-0.1, -0.05) is 56.3 Å². The van der Waals surface area contributed by atoms with E-state index in [4.69, 9.17) is 9.15 Å². The summed E-state index contributed by atoms with van der Waals surface area (Å²) in [6.45, 7) is 4.86. The number of ether oxygens (including phenoxy) is 1. The molecule has 32 heavy (non-hydrogen) atoms. The summed E-state index contributed by atoms with van der Waals surface area (Å²) < 4.78 is 11.4. The summed E-state index contributed by atoms with van der Waals surface area (Å²) in [6, 6.07) is 16.1. The Kier molecular flexibility index (Phi) is 6.73. The van der Waals surface area contributed by atoms with Crippen LogP contribution in [0.25, 0.3) is 11.1 Å². The van der Waals surface area contributed by atoms with Crippen LogP contribution < -0.4 is 5.32 Å². The molecule has 0 spiro atoms. The molecule has 1 aliphatic heterocycles. The van der Waals surface area contributed by atoms with E-state index in [0.29, 0.717) is 36.8 Å². The molecule has 2 amide bonds. The summed E-state index contributed by atoms with van der Waals surface area (Å²) in [4.78, 5) is 32.0. The zero-order valence-corrected chi connectivity index (χ0v) is 18.5. The Morgan fingerprint density at radius 1 is 1.16 bits per heavy atom. The molecular weight excluding hydrogens is 406 g/mol. The number of nitrogens with zero attached hydrogens (tertiary/aromatic N) is 2. The van der Waals surface area contributed by atoms with Crippen molar-refractivity contribution < 1.29 is 18.7 Å². The van der Waals surface area contributed by atoms with Crippen LogP contribution in [0.1, 0.15) is 50.6 Å². The SMILES string of the molecule is CC(C)C[C@H](NC(=O)[C@@H]1CCCN1C(=O)OCc1ccccc1)c1nc2ccccc2o1. The minimum atomic E-state index is -0.558. The second kappa shape index (κ2) is 9.85. The molecule has 168 valence electrons. The van der Waals surface area contributed by atoms with Crippen LogP contribution in [0.3, 0.4) is 0 Å². The van der Waals surface area contributed by atoms with Gasteiger partial charge in [0.2, 0.25) is 11.8 Å². The molecule has 0 aliphatic carbocycles. The Bertz CT molecular complexity index is 1030. The van der Waals surface area contributed by atoms with Crippen LogP contribution in [0.15, 0.2) is 59.0 Å². The smallest absolute Gasteiger partial charge is 0.410 e. The second-order valence-electron chi connectivity index (χ2n) is 8.60. The Morgan fingerprint density at radius 2 is 1.91 bits per heavy atom. The van der Waals surface area contributed by atoms with E-state index in [1.54, 1.807) is 0 Å². The lowest BCUT2D eigenvalue weighted by Gasteiger charge is -2.25. The minimum Gasteiger partial charge on any atom is -0.445 e. The summed E-state index contributed by atoms with van der Waals surface area (Å²) in [7, 11) is 0. The number of benzene rings is 2. The largest absolute Gasteiger partial charge is 0.445 e. The number of fused-ring (bicyclic) bond motifs is 1. The van der Waals surface area contributed by atoms with Gasteiger partial charge in [0.25, 0.3) is 0 Å². The molecule has 0 bridgehead atoms. The van der Waals surface area contributed by atoms with Crippen molar-refractivity contribution >= 4 is 23.1 Å². The number of amides is 2. The first kappa shape index (κ1) is 21.9. The van der Waals surface area contributed by atoms with Gasteiger partial charge in [-0.3, -0.25) is 9.69 Å². The predicted molar refractivity (Wildman–Crippen MR) is 121 cm³/mol. The molecule has 7 heteroatoms. The highest BCUT2D eigenvalue weighted by atomic mass is 16.6. The lowest BCUT2D eigenvalue weighted by atomic mass is 10.0. The number of oxazole rings is 1. The third kappa shape index (κ3) is 5.10. The lowest BCUT2D eigenvalue weighted by Crippen LogP contribution is -2.47. The molecule has 3 aromatic rings. The van der Waals surface area contributed by atoms with Crippen LogP contribution in [-0.2, 0) is 16.1 Å². The predicted octanol–water partition coefficient (Wildman–Crippen LogP) is 4.83. The van der Waals surface area contributed by atoms with Crippen LogP contribution in [0.2, 0.25) is 0 Å². The van der Waals surface area contributed by atoms with Crippen molar-refractivity contribution in [2.75, 3.05) is 6.54 Å². The van der Waals surface area contributed by atoms with E-state index in [1.807, 2.05) is 54.6 Å². The second-order valence-corrected chi connectivity index (χ2v) is 8.60. The average molecular weight is 436 g/mol. The molecule has 0 unspecified atom stereocenters. The number of hydrogen-bond donors (Lipinski definition) is 1. The van der Waals surface area contributed by atoms with E-state index >= 15 is 0 Å². The van der Waals surface area contributed by atoms with Crippen molar-refractivity contribution in [1.29, 1.82) is 0 Å². The van der Waals surface area contributed by atoms with Crippen LogP contribution in [-0.4, -0.2) is 34.5 Å². The van der Waals surface area contributed by atoms with Crippen molar-refractivity contribution in [3.05, 3.63) is 66.1 Å². The average Bonchev–Trinajstić information content (AvgIpc) is 3.45. The molecule has 0 saturated carbocycles. The first-order valence-corrected chi connectivity index (χ1v) is 11.1. The topological polar surface area (TPSA) is 84.7 Å². The maximum atomic E-state index is 13.2. The minimum absolute atomic E-state index is 0.184. The monoisotopic (exact) mass is 435 g/mol. The van der Waals surface area contributed by atoms with Crippen molar-refractivity contribution in [3.8, 4) is 0 Å². The standard InChI is InChI=1S/C25H29N3O4/c1-17(2)15-20(24-27-19-11-6-7-13-22(19)32-24)26-23(29)21-12-8-14-28(21)25(30)31-16-18-9-4-3-5-10-18/h3-7,9-11,13,17,20-21H,8,12,14-16H2,1-2H3,(H,26,29)/t20-,21-/m0/s1. The number of carbonyl (C=O) groups is 2. The molecule has 2 atom stereocenters. The van der Waals surface area contributed by atoms with Crippen LogP contribution in [0.5, 0.6) is 0 Å². The van der Waals surface area contributed by atoms with Gasteiger partial charge >= 0.3 is 6.09 Å². The number of rotatable bonds is 7. The molecular formula is C25H29N3O4. The third-order valence-corrected chi connectivity index (χ3v) is 5.63. The summed E-state index contributed by atoms with van der Waals surface area (Å²) in [6.07, 6.45) is 1.59. The van der Waals surface area contributed by atoms with Gasteiger partial charge in [0.1, 0.15) is 24.2 Å². The molecule has 7 nitrogen and oxygen atoms in total. The van der Waals surface area contributed by atoms with Gasteiger partial charge in [-0.15, -0.1) is 0 Å². The Balaban J connectivity index is 1.44. The maximum Gasteiger partial charge on any atom is 0.410 e. The van der Waals surface area contributed by atoms with Gasteiger partial charge < -0.3 is 14.5 Å². The van der Waals surface area contributed by atoms with E-state index < -0.39 is 12.1 Å². The van der Waals surface area contributed by atoms with Crippen LogP contribution in [0.4, 0.5) is 4.79 Å². The molecule has 1 N–H and O–H groups in total. The number of carbonyl (C=O) groups excluding carboxylic acids is 2. The zero-order chi connectivity index (χ0) is 22.5. The van der Waals surface area contributed by atoms with E-state index in [0.717, 1.165) is 17.5 Å². The highest BCUT2D eigenvalue weighted by molar-refractivity contribution is 5.86. The van der Waals surface area contributed by atoms with Crippen LogP contribution >= 0.6 is 0 Å². The van der Waals surface area contributed by atoms with E-state index in [-0.39, 0.29) is 18.6 Å². The normalized spacial score (nSPS) is 17.0. The first-order valence-electron chi connectivity index (χ1n) is 11.1. The van der Waals surface area contributed by atoms with Gasteiger partial charge in [0.05, 0.1) is 0 Å². The maximum absolute atomic E-state index is 13.2. The molecule has 4 rings (SSSR count). The van der Waals surface area contributed by atoms with Crippen molar-refractivity contribution in [2.45, 2.75) is 51.8 Å². The number of aromatic nitrogens is 1. The summed E-state index contributed by atoms with van der Waals surface area (Å²) in [5.41, 5.74) is 2.36. The fourth-order valence-electron chi connectivity index (χ4n) is 4.06. The molecule has 1 fully saturated rings. The molecule has 2 aromatic carbocycles. The Hall–Kier alpha value is -3.35. The summed E-state index contributed by atoms with van der Waals surface area (Å²) in [5.74, 6) is 0.613. The number of nitrogens with one attached hydrogen (secondary N) is 1. The first-order chi connectivity index (χ1) is 15.5. The lowest BCUT2D eigenvalue weighted by molar-refractivity contribution is -0.126. The Labute approximate surface area is 187 Å². The molecule has 2 heterocycles. The summed E-state index contributed by atoms with van der Waals surface area (Å²) >= 11 is 0. The number of para-hydroxylation sites is 2. The fraction of sp³-hybridized carbons (Fsp3) is 0.400. The van der Waals surface area contributed by atoms with Crippen LogP contribution in [0, 0.1) is 5.92 Å². The third-order valence-electron chi connectivity index (χ3n) is 5.63. The van der Waals surface area contributed by atoms with E-state index in [2.05, 4.69) is 24.1 Å². The summed E-state index contributed by atoms with van der Waals surface area (Å²) in [5, 5.41) is 3.08.